The number of nitrogens with one attached hydrogen (secondary N) is 1. The number of amides is 1. The first-order valence-corrected chi connectivity index (χ1v) is 12.3. The summed E-state index contributed by atoms with van der Waals surface area (Å²) in [5.41, 5.74) is 3.01. The highest BCUT2D eigenvalue weighted by Gasteiger charge is 2.42. The van der Waals surface area contributed by atoms with Gasteiger partial charge in [-0.25, -0.2) is 4.98 Å². The molecule has 0 bridgehead atoms. The summed E-state index contributed by atoms with van der Waals surface area (Å²) < 4.78 is 41.4. The molecule has 1 heterocycles. The molecule has 3 aromatic carbocycles. The van der Waals surface area contributed by atoms with Crippen molar-refractivity contribution in [1.82, 2.24) is 10.3 Å². The zero-order valence-electron chi connectivity index (χ0n) is 20.1. The molecule has 5 nitrogen and oxygen atoms in total. The van der Waals surface area contributed by atoms with E-state index in [1.54, 1.807) is 6.07 Å². The van der Waals surface area contributed by atoms with Crippen LogP contribution in [0.1, 0.15) is 46.8 Å². The maximum Gasteiger partial charge on any atom is 0.412 e. The highest BCUT2D eigenvalue weighted by atomic mass is 35.5. The van der Waals surface area contributed by atoms with Gasteiger partial charge in [0.25, 0.3) is 5.91 Å². The summed E-state index contributed by atoms with van der Waals surface area (Å²) in [7, 11) is 0. The number of halogens is 4. The van der Waals surface area contributed by atoms with E-state index in [2.05, 4.69) is 5.32 Å². The van der Waals surface area contributed by atoms with Crippen LogP contribution in [0.2, 0.25) is 5.02 Å². The maximum atomic E-state index is 13.8. The van der Waals surface area contributed by atoms with E-state index in [-0.39, 0.29) is 22.6 Å². The van der Waals surface area contributed by atoms with E-state index in [0.29, 0.717) is 30.2 Å². The van der Waals surface area contributed by atoms with Gasteiger partial charge in [-0.05, 0) is 66.8 Å². The molecular formula is C29H24ClF3N2O3. The molecule has 0 aliphatic rings. The third-order valence-corrected chi connectivity index (χ3v) is 6.35. The normalized spacial score (nSPS) is 12.3. The summed E-state index contributed by atoms with van der Waals surface area (Å²) in [5, 5.41) is 11.9. The highest BCUT2D eigenvalue weighted by Crippen LogP contribution is 2.34. The Labute approximate surface area is 222 Å². The standard InChI is InChI=1S/C29H24ClF3N2O3/c30-23-13-10-19(11-14-23)27(29(31,32)33)35-28(38)21-12-15-24-22(17-21)16-20(8-4-5-9-25(36)37)26(34-24)18-6-2-1-3-7-18/h1-3,6-7,10-17,27H,4-5,8-9H2,(H,35,38)(H,36,37)/t27-/m1/s1. The van der Waals surface area contributed by atoms with Crippen LogP contribution in [0.5, 0.6) is 0 Å². The van der Waals surface area contributed by atoms with Crippen molar-refractivity contribution in [2.45, 2.75) is 37.9 Å². The fourth-order valence-electron chi connectivity index (χ4n) is 4.21. The predicted molar refractivity (Wildman–Crippen MR) is 140 cm³/mol. The molecule has 0 saturated heterocycles. The molecule has 0 saturated carbocycles. The summed E-state index contributed by atoms with van der Waals surface area (Å²) in [6, 6.07) is 18.9. The molecule has 0 fully saturated rings. The molecule has 9 heteroatoms. The number of benzene rings is 3. The van der Waals surface area contributed by atoms with Gasteiger partial charge in [0, 0.05) is 28.0 Å². The van der Waals surface area contributed by atoms with Gasteiger partial charge in [-0.15, -0.1) is 0 Å². The zero-order valence-corrected chi connectivity index (χ0v) is 20.9. The molecule has 2 N–H and O–H groups in total. The Balaban J connectivity index is 1.65. The number of carboxylic acid groups (broad SMARTS) is 1. The number of aryl methyl sites for hydroxylation is 1. The fraction of sp³-hybridized carbons (Fsp3) is 0.207. The Morgan fingerprint density at radius 2 is 1.66 bits per heavy atom. The minimum Gasteiger partial charge on any atom is -0.481 e. The van der Waals surface area contributed by atoms with E-state index in [0.717, 1.165) is 16.8 Å². The summed E-state index contributed by atoms with van der Waals surface area (Å²) in [4.78, 5) is 28.6. The van der Waals surface area contributed by atoms with Crippen molar-refractivity contribution in [1.29, 1.82) is 0 Å². The summed E-state index contributed by atoms with van der Waals surface area (Å²) in [6.07, 6.45) is -2.99. The van der Waals surface area contributed by atoms with Crippen LogP contribution in [0.3, 0.4) is 0 Å². The van der Waals surface area contributed by atoms with Gasteiger partial charge in [0.1, 0.15) is 0 Å². The van der Waals surface area contributed by atoms with Crippen molar-refractivity contribution in [3.05, 3.63) is 101 Å². The largest absolute Gasteiger partial charge is 0.481 e. The van der Waals surface area contributed by atoms with E-state index < -0.39 is 24.1 Å². The van der Waals surface area contributed by atoms with Crippen molar-refractivity contribution in [3.63, 3.8) is 0 Å². The molecule has 0 unspecified atom stereocenters. The molecule has 0 aliphatic heterocycles. The van der Waals surface area contributed by atoms with Crippen LogP contribution in [0.4, 0.5) is 13.2 Å². The van der Waals surface area contributed by atoms with E-state index in [9.17, 15) is 22.8 Å². The number of rotatable bonds is 9. The molecular weight excluding hydrogens is 517 g/mol. The first-order chi connectivity index (χ1) is 18.1. The first-order valence-electron chi connectivity index (χ1n) is 12.0. The number of carbonyl (C=O) groups is 2. The number of alkyl halides is 3. The molecule has 4 rings (SSSR count). The molecule has 0 radical (unpaired) electrons. The van der Waals surface area contributed by atoms with Gasteiger partial charge in [0.15, 0.2) is 6.04 Å². The van der Waals surface area contributed by atoms with Crippen molar-refractivity contribution >= 4 is 34.4 Å². The van der Waals surface area contributed by atoms with Gasteiger partial charge >= 0.3 is 12.1 Å². The van der Waals surface area contributed by atoms with Gasteiger partial charge in [0.05, 0.1) is 11.2 Å². The Morgan fingerprint density at radius 3 is 2.32 bits per heavy atom. The number of carboxylic acids is 1. The lowest BCUT2D eigenvalue weighted by Gasteiger charge is -2.22. The second-order valence-electron chi connectivity index (χ2n) is 8.87. The number of aromatic nitrogens is 1. The lowest BCUT2D eigenvalue weighted by molar-refractivity contribution is -0.155. The van der Waals surface area contributed by atoms with Gasteiger partial charge < -0.3 is 10.4 Å². The monoisotopic (exact) mass is 540 g/mol. The summed E-state index contributed by atoms with van der Waals surface area (Å²) in [6.45, 7) is 0. The third-order valence-electron chi connectivity index (χ3n) is 6.10. The Bertz CT molecular complexity index is 1440. The van der Waals surface area contributed by atoms with Crippen LogP contribution in [0, 0.1) is 0 Å². The van der Waals surface area contributed by atoms with Crippen molar-refractivity contribution in [2.24, 2.45) is 0 Å². The van der Waals surface area contributed by atoms with Gasteiger partial charge in [-0.3, -0.25) is 9.59 Å². The van der Waals surface area contributed by atoms with Crippen LogP contribution >= 0.6 is 11.6 Å². The minimum atomic E-state index is -4.71. The van der Waals surface area contributed by atoms with Crippen LogP contribution in [0.25, 0.3) is 22.2 Å². The summed E-state index contributed by atoms with van der Waals surface area (Å²) in [5.74, 6) is -1.74. The number of hydrogen-bond donors (Lipinski definition) is 2. The van der Waals surface area contributed by atoms with Gasteiger partial charge in [-0.2, -0.15) is 13.2 Å². The predicted octanol–water partition coefficient (Wildman–Crippen LogP) is 7.39. The molecule has 0 aliphatic carbocycles. The van der Waals surface area contributed by atoms with Crippen molar-refractivity contribution < 1.29 is 27.9 Å². The van der Waals surface area contributed by atoms with E-state index in [1.165, 1.54) is 36.4 Å². The lowest BCUT2D eigenvalue weighted by atomic mass is 9.98. The van der Waals surface area contributed by atoms with E-state index in [1.807, 2.05) is 36.4 Å². The number of carbonyl (C=O) groups excluding carboxylic acids is 1. The maximum absolute atomic E-state index is 13.8. The number of unbranched alkanes of at least 4 members (excludes halogenated alkanes) is 1. The van der Waals surface area contributed by atoms with Crippen LogP contribution < -0.4 is 5.32 Å². The SMILES string of the molecule is O=C(O)CCCCc1cc2cc(C(=O)N[C@H](c3ccc(Cl)cc3)C(F)(F)F)ccc2nc1-c1ccccc1. The fourth-order valence-corrected chi connectivity index (χ4v) is 4.34. The number of fused-ring (bicyclic) bond motifs is 1. The second kappa shape index (κ2) is 11.6. The number of aliphatic carboxylic acids is 1. The number of hydrogen-bond acceptors (Lipinski definition) is 3. The highest BCUT2D eigenvalue weighted by molar-refractivity contribution is 6.30. The van der Waals surface area contributed by atoms with Crippen molar-refractivity contribution in [3.8, 4) is 11.3 Å². The van der Waals surface area contributed by atoms with Crippen LogP contribution in [-0.4, -0.2) is 28.1 Å². The van der Waals surface area contributed by atoms with Gasteiger partial charge in [-0.1, -0.05) is 54.1 Å². The third kappa shape index (κ3) is 6.69. The van der Waals surface area contributed by atoms with Crippen molar-refractivity contribution in [2.75, 3.05) is 0 Å². The minimum absolute atomic E-state index is 0.0555. The second-order valence-corrected chi connectivity index (χ2v) is 9.31. The van der Waals surface area contributed by atoms with Crippen LogP contribution in [-0.2, 0) is 11.2 Å². The van der Waals surface area contributed by atoms with Crippen LogP contribution in [0.15, 0.2) is 78.9 Å². The average molecular weight is 541 g/mol. The van der Waals surface area contributed by atoms with Gasteiger partial charge in [0.2, 0.25) is 0 Å². The Hall–Kier alpha value is -3.91. The zero-order chi connectivity index (χ0) is 27.3. The van der Waals surface area contributed by atoms with E-state index in [4.69, 9.17) is 21.7 Å². The molecule has 1 amide bonds. The quantitative estimate of drug-likeness (QED) is 0.217. The summed E-state index contributed by atoms with van der Waals surface area (Å²) >= 11 is 5.80. The average Bonchev–Trinajstić information content (AvgIpc) is 2.89. The lowest BCUT2D eigenvalue weighted by Crippen LogP contribution is -2.38. The number of nitrogens with zero attached hydrogens (tertiary/aromatic N) is 1. The molecule has 1 aromatic heterocycles. The molecule has 0 spiro atoms. The molecule has 38 heavy (non-hydrogen) atoms. The Morgan fingerprint density at radius 1 is 0.947 bits per heavy atom. The molecule has 196 valence electrons. The smallest absolute Gasteiger partial charge is 0.412 e. The molecule has 1 atom stereocenters. The van der Waals surface area contributed by atoms with E-state index >= 15 is 0 Å². The molecule has 4 aromatic rings. The topological polar surface area (TPSA) is 79.3 Å². The first kappa shape index (κ1) is 27.1. The Kier molecular flexibility index (Phi) is 8.32. The number of pyridine rings is 1.